The van der Waals surface area contributed by atoms with Gasteiger partial charge >= 0.3 is 17.9 Å². The number of esters is 3. The SMILES string of the molecule is CCCCCCCCCCCCCCCCCCCC(=O)O[C@@H](COC(=O)CCCCCCCCCCCCCCCC)COC(=O)CCCCCCCCCCCCCCCCCCCCC(C)C. The maximum atomic E-state index is 12.9. The molecule has 416 valence electrons. The molecule has 0 radical (unpaired) electrons. The van der Waals surface area contributed by atoms with Gasteiger partial charge in [0.25, 0.3) is 0 Å². The van der Waals surface area contributed by atoms with Crippen LogP contribution in [0.25, 0.3) is 0 Å². The van der Waals surface area contributed by atoms with Crippen molar-refractivity contribution in [2.75, 3.05) is 13.2 Å². The Morgan fingerprint density at radius 2 is 0.471 bits per heavy atom. The molecule has 0 aliphatic rings. The molecular weight excluding hydrogens is 865 g/mol. The molecule has 0 aromatic heterocycles. The van der Waals surface area contributed by atoms with Gasteiger partial charge in [0.2, 0.25) is 0 Å². The molecule has 0 bridgehead atoms. The Bertz CT molecular complexity index is 1060. The lowest BCUT2D eigenvalue weighted by atomic mass is 10.0. The Morgan fingerprint density at radius 3 is 0.700 bits per heavy atom. The van der Waals surface area contributed by atoms with E-state index in [0.29, 0.717) is 19.3 Å². The van der Waals surface area contributed by atoms with Gasteiger partial charge in [-0.2, -0.15) is 0 Å². The Balaban J connectivity index is 4.25. The van der Waals surface area contributed by atoms with E-state index in [2.05, 4.69) is 27.7 Å². The Labute approximate surface area is 438 Å². The van der Waals surface area contributed by atoms with Gasteiger partial charge in [-0.15, -0.1) is 0 Å². The van der Waals surface area contributed by atoms with Gasteiger partial charge in [-0.25, -0.2) is 0 Å². The van der Waals surface area contributed by atoms with Gasteiger partial charge in [-0.1, -0.05) is 329 Å². The molecule has 6 nitrogen and oxygen atoms in total. The number of rotatable bonds is 59. The minimum Gasteiger partial charge on any atom is -0.462 e. The average molecular weight is 990 g/mol. The van der Waals surface area contributed by atoms with Crippen molar-refractivity contribution >= 4 is 17.9 Å². The van der Waals surface area contributed by atoms with E-state index in [1.165, 1.54) is 263 Å². The highest BCUT2D eigenvalue weighted by Gasteiger charge is 2.19. The summed E-state index contributed by atoms with van der Waals surface area (Å²) in [6.45, 7) is 9.10. The third kappa shape index (κ3) is 57.3. The van der Waals surface area contributed by atoms with E-state index in [1.807, 2.05) is 0 Å². The summed E-state index contributed by atoms with van der Waals surface area (Å²) >= 11 is 0. The second-order valence-electron chi connectivity index (χ2n) is 22.5. The molecule has 0 aromatic carbocycles. The van der Waals surface area contributed by atoms with Gasteiger partial charge in [0.1, 0.15) is 13.2 Å². The standard InChI is InChI=1S/C64H124O6/c1-5-7-9-11-13-15-17-19-21-24-29-33-37-41-45-49-53-57-64(67)70-61(58-68-62(65)55-51-47-43-39-35-31-20-18-16-14-12-10-8-6-2)59-69-63(66)56-52-48-44-40-36-32-28-26-23-22-25-27-30-34-38-42-46-50-54-60(3)4/h60-61H,5-59H2,1-4H3/t61-/m0/s1. The molecule has 0 aromatic rings. The van der Waals surface area contributed by atoms with Gasteiger partial charge in [0, 0.05) is 19.3 Å². The second kappa shape index (κ2) is 58.3. The third-order valence-electron chi connectivity index (χ3n) is 14.8. The van der Waals surface area contributed by atoms with Crippen LogP contribution in [0.3, 0.4) is 0 Å². The summed E-state index contributed by atoms with van der Waals surface area (Å²) in [6.07, 6.45) is 65.3. The lowest BCUT2D eigenvalue weighted by Crippen LogP contribution is -2.30. The molecule has 0 fully saturated rings. The first-order chi connectivity index (χ1) is 34.4. The molecule has 0 aliphatic heterocycles. The van der Waals surface area contributed by atoms with Crippen LogP contribution in [0.15, 0.2) is 0 Å². The van der Waals surface area contributed by atoms with Crippen molar-refractivity contribution in [3.8, 4) is 0 Å². The van der Waals surface area contributed by atoms with Crippen molar-refractivity contribution in [2.24, 2.45) is 5.92 Å². The van der Waals surface area contributed by atoms with Gasteiger partial charge in [-0.3, -0.25) is 14.4 Å². The Kier molecular flexibility index (Phi) is 57.0. The number of unbranched alkanes of at least 4 members (excludes halogenated alkanes) is 46. The van der Waals surface area contributed by atoms with Gasteiger partial charge in [0.15, 0.2) is 6.10 Å². The quantitative estimate of drug-likeness (QED) is 0.0343. The normalized spacial score (nSPS) is 12.0. The van der Waals surface area contributed by atoms with Crippen LogP contribution < -0.4 is 0 Å². The molecule has 70 heavy (non-hydrogen) atoms. The highest BCUT2D eigenvalue weighted by Crippen LogP contribution is 2.19. The fourth-order valence-corrected chi connectivity index (χ4v) is 9.99. The zero-order valence-corrected chi connectivity index (χ0v) is 48.0. The third-order valence-corrected chi connectivity index (χ3v) is 14.8. The van der Waals surface area contributed by atoms with Crippen LogP contribution in [0.4, 0.5) is 0 Å². The Morgan fingerprint density at radius 1 is 0.271 bits per heavy atom. The van der Waals surface area contributed by atoms with Crippen LogP contribution in [0.5, 0.6) is 0 Å². The van der Waals surface area contributed by atoms with Crippen LogP contribution in [0, 0.1) is 5.92 Å². The highest BCUT2D eigenvalue weighted by atomic mass is 16.6. The molecule has 6 heteroatoms. The van der Waals surface area contributed by atoms with Crippen molar-refractivity contribution in [3.05, 3.63) is 0 Å². The molecular formula is C64H124O6. The number of carbonyl (C=O) groups is 3. The van der Waals surface area contributed by atoms with E-state index in [4.69, 9.17) is 14.2 Å². The number of hydrogen-bond acceptors (Lipinski definition) is 6. The van der Waals surface area contributed by atoms with E-state index < -0.39 is 6.10 Å². The largest absolute Gasteiger partial charge is 0.462 e. The predicted octanol–water partition coefficient (Wildman–Crippen LogP) is 21.4. The van der Waals surface area contributed by atoms with Crippen LogP contribution >= 0.6 is 0 Å². The molecule has 0 spiro atoms. The maximum Gasteiger partial charge on any atom is 0.306 e. The summed E-state index contributed by atoms with van der Waals surface area (Å²) in [7, 11) is 0. The fraction of sp³-hybridized carbons (Fsp3) is 0.953. The van der Waals surface area contributed by atoms with E-state index in [9.17, 15) is 14.4 Å². The zero-order chi connectivity index (χ0) is 50.9. The lowest BCUT2D eigenvalue weighted by molar-refractivity contribution is -0.167. The first kappa shape index (κ1) is 68.4. The van der Waals surface area contributed by atoms with Crippen LogP contribution in [-0.2, 0) is 28.6 Å². The molecule has 0 amide bonds. The summed E-state index contributed by atoms with van der Waals surface area (Å²) < 4.78 is 17.0. The summed E-state index contributed by atoms with van der Waals surface area (Å²) in [4.78, 5) is 38.3. The smallest absolute Gasteiger partial charge is 0.306 e. The van der Waals surface area contributed by atoms with E-state index in [0.717, 1.165) is 63.7 Å². The first-order valence-electron chi connectivity index (χ1n) is 31.9. The van der Waals surface area contributed by atoms with Crippen molar-refractivity contribution in [3.63, 3.8) is 0 Å². The van der Waals surface area contributed by atoms with Gasteiger partial charge in [0.05, 0.1) is 0 Å². The second-order valence-corrected chi connectivity index (χ2v) is 22.5. The summed E-state index contributed by atoms with van der Waals surface area (Å²) in [5, 5.41) is 0. The molecule has 0 rings (SSSR count). The average Bonchev–Trinajstić information content (AvgIpc) is 3.35. The number of hydrogen-bond donors (Lipinski definition) is 0. The van der Waals surface area contributed by atoms with Gasteiger partial charge in [-0.05, 0) is 25.2 Å². The van der Waals surface area contributed by atoms with Crippen molar-refractivity contribution < 1.29 is 28.6 Å². The maximum absolute atomic E-state index is 12.9. The van der Waals surface area contributed by atoms with Crippen LogP contribution in [0.2, 0.25) is 0 Å². The first-order valence-corrected chi connectivity index (χ1v) is 31.9. The van der Waals surface area contributed by atoms with Crippen molar-refractivity contribution in [1.29, 1.82) is 0 Å². The van der Waals surface area contributed by atoms with Crippen LogP contribution in [-0.4, -0.2) is 37.2 Å². The molecule has 0 unspecified atom stereocenters. The lowest BCUT2D eigenvalue weighted by Gasteiger charge is -2.18. The Hall–Kier alpha value is -1.59. The van der Waals surface area contributed by atoms with E-state index in [-0.39, 0.29) is 31.1 Å². The summed E-state index contributed by atoms with van der Waals surface area (Å²) in [5.41, 5.74) is 0. The molecule has 0 aliphatic carbocycles. The topological polar surface area (TPSA) is 78.9 Å². The van der Waals surface area contributed by atoms with Crippen molar-refractivity contribution in [2.45, 2.75) is 374 Å². The monoisotopic (exact) mass is 989 g/mol. The van der Waals surface area contributed by atoms with Crippen molar-refractivity contribution in [1.82, 2.24) is 0 Å². The summed E-state index contributed by atoms with van der Waals surface area (Å²) in [6, 6.07) is 0. The van der Waals surface area contributed by atoms with E-state index in [1.54, 1.807) is 0 Å². The predicted molar refractivity (Wildman–Crippen MR) is 303 cm³/mol. The minimum absolute atomic E-state index is 0.0611. The minimum atomic E-state index is -0.762. The fourth-order valence-electron chi connectivity index (χ4n) is 9.99. The molecule has 1 atom stereocenters. The number of ether oxygens (including phenoxy) is 3. The summed E-state index contributed by atoms with van der Waals surface area (Å²) in [5.74, 6) is 0.0318. The molecule has 0 N–H and O–H groups in total. The van der Waals surface area contributed by atoms with Crippen LogP contribution in [0.1, 0.15) is 368 Å². The molecule has 0 heterocycles. The van der Waals surface area contributed by atoms with E-state index >= 15 is 0 Å². The van der Waals surface area contributed by atoms with Gasteiger partial charge < -0.3 is 14.2 Å². The number of carbonyl (C=O) groups excluding carboxylic acids is 3. The highest BCUT2D eigenvalue weighted by molar-refractivity contribution is 5.71. The zero-order valence-electron chi connectivity index (χ0n) is 48.0. The molecule has 0 saturated heterocycles. The molecule has 0 saturated carbocycles.